The molecule has 0 spiro atoms. The van der Waals surface area contributed by atoms with Crippen LogP contribution >= 0.6 is 11.6 Å². The summed E-state index contributed by atoms with van der Waals surface area (Å²) in [4.78, 5) is 0. The predicted molar refractivity (Wildman–Crippen MR) is 84.7 cm³/mol. The Morgan fingerprint density at radius 3 is 2.67 bits per heavy atom. The van der Waals surface area contributed by atoms with E-state index in [1.54, 1.807) is 13.2 Å². The molecule has 112 valence electrons. The van der Waals surface area contributed by atoms with Crippen LogP contribution in [0.1, 0.15) is 29.7 Å². The summed E-state index contributed by atoms with van der Waals surface area (Å²) in [6.07, 6.45) is 0. The van der Waals surface area contributed by atoms with Gasteiger partial charge in [-0.2, -0.15) is 0 Å². The SMILES string of the molecule is CCNC(c1cc(F)ccc1OC)c1cccc(C)c1Cl. The van der Waals surface area contributed by atoms with Gasteiger partial charge in [-0.25, -0.2) is 4.39 Å². The average molecular weight is 308 g/mol. The van der Waals surface area contributed by atoms with Gasteiger partial charge in [0.1, 0.15) is 11.6 Å². The molecule has 0 radical (unpaired) electrons. The fourth-order valence-electron chi connectivity index (χ4n) is 2.42. The van der Waals surface area contributed by atoms with Crippen molar-refractivity contribution in [1.29, 1.82) is 0 Å². The number of halogens is 2. The van der Waals surface area contributed by atoms with E-state index in [9.17, 15) is 4.39 Å². The van der Waals surface area contributed by atoms with E-state index >= 15 is 0 Å². The molecule has 4 heteroatoms. The molecule has 0 aliphatic rings. The zero-order valence-electron chi connectivity index (χ0n) is 12.4. The molecule has 1 N–H and O–H groups in total. The van der Waals surface area contributed by atoms with Crippen LogP contribution in [-0.4, -0.2) is 13.7 Å². The highest BCUT2D eigenvalue weighted by atomic mass is 35.5. The van der Waals surface area contributed by atoms with E-state index in [2.05, 4.69) is 5.32 Å². The first-order chi connectivity index (χ1) is 10.1. The molecular weight excluding hydrogens is 289 g/mol. The van der Waals surface area contributed by atoms with Crippen LogP contribution in [0.5, 0.6) is 5.75 Å². The third kappa shape index (κ3) is 3.36. The van der Waals surface area contributed by atoms with Gasteiger partial charge in [-0.3, -0.25) is 0 Å². The summed E-state index contributed by atoms with van der Waals surface area (Å²) in [5.41, 5.74) is 2.65. The first-order valence-corrected chi connectivity index (χ1v) is 7.28. The Bertz CT molecular complexity index is 630. The van der Waals surface area contributed by atoms with E-state index in [0.717, 1.165) is 23.2 Å². The summed E-state index contributed by atoms with van der Waals surface area (Å²) in [5, 5.41) is 4.04. The topological polar surface area (TPSA) is 21.3 Å². The van der Waals surface area contributed by atoms with Crippen molar-refractivity contribution >= 4 is 11.6 Å². The smallest absolute Gasteiger partial charge is 0.124 e. The van der Waals surface area contributed by atoms with E-state index in [4.69, 9.17) is 16.3 Å². The molecule has 1 atom stereocenters. The fraction of sp³-hybridized carbons (Fsp3) is 0.294. The van der Waals surface area contributed by atoms with Crippen LogP contribution in [0.15, 0.2) is 36.4 Å². The van der Waals surface area contributed by atoms with Gasteiger partial charge in [0.15, 0.2) is 0 Å². The van der Waals surface area contributed by atoms with Gasteiger partial charge in [-0.1, -0.05) is 36.7 Å². The van der Waals surface area contributed by atoms with Gasteiger partial charge in [0.2, 0.25) is 0 Å². The molecule has 2 aromatic rings. The van der Waals surface area contributed by atoms with Crippen molar-refractivity contribution in [1.82, 2.24) is 5.32 Å². The van der Waals surface area contributed by atoms with Crippen molar-refractivity contribution in [2.24, 2.45) is 0 Å². The Balaban J connectivity index is 2.58. The molecule has 0 aliphatic heterocycles. The molecule has 21 heavy (non-hydrogen) atoms. The molecule has 0 aliphatic carbocycles. The third-order valence-electron chi connectivity index (χ3n) is 3.44. The normalized spacial score (nSPS) is 12.2. The van der Waals surface area contributed by atoms with Crippen LogP contribution in [0.4, 0.5) is 4.39 Å². The molecule has 2 nitrogen and oxygen atoms in total. The molecule has 2 rings (SSSR count). The standard InChI is InChI=1S/C17H19ClFNO/c1-4-20-17(13-7-5-6-11(2)16(13)18)14-10-12(19)8-9-15(14)21-3/h5-10,17,20H,4H2,1-3H3. The number of nitrogens with one attached hydrogen (secondary N) is 1. The van der Waals surface area contributed by atoms with Crippen molar-refractivity contribution in [3.8, 4) is 5.75 Å². The summed E-state index contributed by atoms with van der Waals surface area (Å²) < 4.78 is 19.0. The number of hydrogen-bond acceptors (Lipinski definition) is 2. The van der Waals surface area contributed by atoms with Crippen molar-refractivity contribution in [3.05, 3.63) is 63.9 Å². The summed E-state index contributed by atoms with van der Waals surface area (Å²) in [6.45, 7) is 4.69. The van der Waals surface area contributed by atoms with Gasteiger partial charge in [0, 0.05) is 10.6 Å². The molecule has 0 bridgehead atoms. The highest BCUT2D eigenvalue weighted by molar-refractivity contribution is 6.32. The Kier molecular flexibility index (Phi) is 5.21. The van der Waals surface area contributed by atoms with Crippen LogP contribution in [0.2, 0.25) is 5.02 Å². The van der Waals surface area contributed by atoms with E-state index < -0.39 is 0 Å². The number of aryl methyl sites for hydroxylation is 1. The second-order valence-electron chi connectivity index (χ2n) is 4.86. The van der Waals surface area contributed by atoms with Crippen molar-refractivity contribution in [2.45, 2.75) is 19.9 Å². The second-order valence-corrected chi connectivity index (χ2v) is 5.23. The lowest BCUT2D eigenvalue weighted by molar-refractivity contribution is 0.402. The summed E-state index contributed by atoms with van der Waals surface area (Å²) in [6, 6.07) is 10.2. The first-order valence-electron chi connectivity index (χ1n) is 6.90. The van der Waals surface area contributed by atoms with Gasteiger partial charge in [0.25, 0.3) is 0 Å². The van der Waals surface area contributed by atoms with Crippen LogP contribution in [-0.2, 0) is 0 Å². The van der Waals surface area contributed by atoms with E-state index in [0.29, 0.717) is 10.8 Å². The Morgan fingerprint density at radius 1 is 1.24 bits per heavy atom. The minimum absolute atomic E-state index is 0.215. The quantitative estimate of drug-likeness (QED) is 0.878. The van der Waals surface area contributed by atoms with Crippen molar-refractivity contribution in [3.63, 3.8) is 0 Å². The monoisotopic (exact) mass is 307 g/mol. The Labute approximate surface area is 129 Å². The Morgan fingerprint density at radius 2 is 2.00 bits per heavy atom. The number of benzene rings is 2. The number of methoxy groups -OCH3 is 1. The highest BCUT2D eigenvalue weighted by Gasteiger charge is 2.21. The minimum atomic E-state index is -0.294. The van der Waals surface area contributed by atoms with Crippen molar-refractivity contribution < 1.29 is 9.13 Å². The van der Waals surface area contributed by atoms with Crippen LogP contribution < -0.4 is 10.1 Å². The van der Waals surface area contributed by atoms with Crippen molar-refractivity contribution in [2.75, 3.05) is 13.7 Å². The van der Waals surface area contributed by atoms with Gasteiger partial charge in [0.05, 0.1) is 13.2 Å². The van der Waals surface area contributed by atoms with E-state index in [1.807, 2.05) is 32.0 Å². The molecule has 0 aromatic heterocycles. The number of hydrogen-bond donors (Lipinski definition) is 1. The molecule has 0 fully saturated rings. The zero-order valence-corrected chi connectivity index (χ0v) is 13.2. The van der Waals surface area contributed by atoms with Gasteiger partial charge in [-0.05, 0) is 42.8 Å². The largest absolute Gasteiger partial charge is 0.496 e. The van der Waals surface area contributed by atoms with Crippen LogP contribution in [0, 0.1) is 12.7 Å². The van der Waals surface area contributed by atoms with Gasteiger partial charge < -0.3 is 10.1 Å². The van der Waals surface area contributed by atoms with E-state index in [1.165, 1.54) is 12.1 Å². The maximum absolute atomic E-state index is 13.7. The maximum atomic E-state index is 13.7. The van der Waals surface area contributed by atoms with Gasteiger partial charge in [-0.15, -0.1) is 0 Å². The lowest BCUT2D eigenvalue weighted by Gasteiger charge is -2.23. The third-order valence-corrected chi connectivity index (χ3v) is 3.96. The summed E-state index contributed by atoms with van der Waals surface area (Å²) >= 11 is 6.43. The summed E-state index contributed by atoms with van der Waals surface area (Å²) in [5.74, 6) is 0.345. The molecule has 0 amide bonds. The molecule has 2 aromatic carbocycles. The number of ether oxygens (including phenoxy) is 1. The van der Waals surface area contributed by atoms with Crippen LogP contribution in [0.3, 0.4) is 0 Å². The minimum Gasteiger partial charge on any atom is -0.496 e. The zero-order chi connectivity index (χ0) is 15.4. The molecule has 0 saturated heterocycles. The number of rotatable bonds is 5. The van der Waals surface area contributed by atoms with E-state index in [-0.39, 0.29) is 11.9 Å². The molecular formula is C17H19ClFNO. The fourth-order valence-corrected chi connectivity index (χ4v) is 2.65. The predicted octanol–water partition coefficient (Wildman–Crippen LogP) is 4.50. The second kappa shape index (κ2) is 6.92. The maximum Gasteiger partial charge on any atom is 0.124 e. The molecule has 0 heterocycles. The average Bonchev–Trinajstić information content (AvgIpc) is 2.48. The first kappa shape index (κ1) is 15.8. The Hall–Kier alpha value is -1.58. The molecule has 0 saturated carbocycles. The lowest BCUT2D eigenvalue weighted by Crippen LogP contribution is -2.23. The summed E-state index contributed by atoms with van der Waals surface area (Å²) in [7, 11) is 1.58. The van der Waals surface area contributed by atoms with Crippen LogP contribution in [0.25, 0.3) is 0 Å². The highest BCUT2D eigenvalue weighted by Crippen LogP contribution is 2.35. The van der Waals surface area contributed by atoms with Gasteiger partial charge >= 0.3 is 0 Å². The lowest BCUT2D eigenvalue weighted by atomic mass is 9.96. The molecule has 1 unspecified atom stereocenters.